The second-order valence-electron chi connectivity index (χ2n) is 6.80. The fourth-order valence-electron chi connectivity index (χ4n) is 2.84. The van der Waals surface area contributed by atoms with E-state index in [1.165, 1.54) is 44.9 Å². The molecule has 0 aliphatic carbocycles. The fraction of sp³-hybridized carbons (Fsp3) is 0.900. The predicted molar refractivity (Wildman–Crippen MR) is 102 cm³/mol. The van der Waals surface area contributed by atoms with Crippen molar-refractivity contribution in [3.05, 3.63) is 0 Å². The van der Waals surface area contributed by atoms with Gasteiger partial charge in [0, 0.05) is 19.4 Å². The Bertz CT molecular complexity index is 336. The maximum Gasteiger partial charge on any atom is 0.303 e. The highest BCUT2D eigenvalue weighted by Crippen LogP contribution is 2.12. The van der Waals surface area contributed by atoms with Crippen molar-refractivity contribution in [2.24, 2.45) is 0 Å². The summed E-state index contributed by atoms with van der Waals surface area (Å²) in [7, 11) is 0. The number of carboxylic acid groups (broad SMARTS) is 1. The van der Waals surface area contributed by atoms with Gasteiger partial charge in [-0.1, -0.05) is 64.2 Å². The van der Waals surface area contributed by atoms with Crippen molar-refractivity contribution in [3.8, 4) is 0 Å². The highest BCUT2D eigenvalue weighted by atomic mass is 16.5. The van der Waals surface area contributed by atoms with Crippen LogP contribution >= 0.6 is 0 Å². The van der Waals surface area contributed by atoms with Crippen LogP contribution in [-0.2, 0) is 19.4 Å². The summed E-state index contributed by atoms with van der Waals surface area (Å²) in [4.78, 5) is 21.9. The summed E-state index contributed by atoms with van der Waals surface area (Å²) in [5, 5.41) is 21.5. The number of hydrogen-bond donors (Lipinski definition) is 2. The van der Waals surface area contributed by atoms with Gasteiger partial charge in [0.1, 0.15) is 6.61 Å². The van der Waals surface area contributed by atoms with Crippen molar-refractivity contribution >= 4 is 11.9 Å². The molecule has 0 aromatic heterocycles. The van der Waals surface area contributed by atoms with Crippen molar-refractivity contribution in [1.82, 2.24) is 5.32 Å². The first-order chi connectivity index (χ1) is 12.7. The fourth-order valence-corrected chi connectivity index (χ4v) is 2.84. The molecule has 6 heteroatoms. The van der Waals surface area contributed by atoms with E-state index < -0.39 is 5.97 Å². The van der Waals surface area contributed by atoms with Gasteiger partial charge in [0.2, 0.25) is 5.91 Å². The lowest BCUT2D eigenvalue weighted by molar-refractivity contribution is -0.137. The van der Waals surface area contributed by atoms with E-state index in [1.807, 2.05) is 0 Å². The number of rotatable bonds is 20. The third-order valence-corrected chi connectivity index (χ3v) is 4.34. The summed E-state index contributed by atoms with van der Waals surface area (Å²) in [5.41, 5.74) is 0. The molecule has 0 bridgehead atoms. The molecule has 0 atom stereocenters. The molecule has 0 aromatic carbocycles. The van der Waals surface area contributed by atoms with Crippen LogP contribution in [0, 0.1) is 0 Å². The van der Waals surface area contributed by atoms with Gasteiger partial charge in [-0.25, -0.2) is 5.11 Å². The van der Waals surface area contributed by atoms with E-state index in [0.717, 1.165) is 32.1 Å². The molecule has 0 saturated heterocycles. The molecule has 0 saturated carbocycles. The van der Waals surface area contributed by atoms with Crippen LogP contribution in [0.2, 0.25) is 0 Å². The standard InChI is InChI=1S/C20H38NO5/c22-16-18-26-17-15-21-19(23)13-11-9-7-5-3-1-2-4-6-8-10-12-14-20(24)25/h1-18H2,(H,21,23)(H,24,25). The van der Waals surface area contributed by atoms with Gasteiger partial charge in [-0.15, -0.1) is 0 Å². The molecule has 0 aliphatic rings. The van der Waals surface area contributed by atoms with Crippen molar-refractivity contribution < 1.29 is 24.5 Å². The minimum absolute atomic E-state index is 0.0686. The Kier molecular flexibility index (Phi) is 19.3. The average Bonchev–Trinajstić information content (AvgIpc) is 2.61. The second-order valence-corrected chi connectivity index (χ2v) is 6.80. The van der Waals surface area contributed by atoms with Crippen LogP contribution in [0.4, 0.5) is 0 Å². The van der Waals surface area contributed by atoms with E-state index in [4.69, 9.17) is 9.84 Å². The van der Waals surface area contributed by atoms with Gasteiger partial charge < -0.3 is 15.2 Å². The molecule has 6 nitrogen and oxygen atoms in total. The van der Waals surface area contributed by atoms with Gasteiger partial charge in [-0.3, -0.25) is 9.59 Å². The summed E-state index contributed by atoms with van der Waals surface area (Å²) in [6.07, 6.45) is 14.6. The number of nitrogens with one attached hydrogen (secondary N) is 1. The van der Waals surface area contributed by atoms with Gasteiger partial charge >= 0.3 is 5.97 Å². The SMILES string of the molecule is [O]CCOCCNC(=O)CCCCCCCCCCCCCCC(=O)O. The number of carboxylic acids is 1. The van der Waals surface area contributed by atoms with Gasteiger partial charge in [-0.05, 0) is 12.8 Å². The number of aliphatic carboxylic acids is 1. The number of amides is 1. The van der Waals surface area contributed by atoms with Crippen molar-refractivity contribution in [3.63, 3.8) is 0 Å². The summed E-state index contributed by atoms with van der Waals surface area (Å²) >= 11 is 0. The largest absolute Gasteiger partial charge is 0.481 e. The molecule has 26 heavy (non-hydrogen) atoms. The lowest BCUT2D eigenvalue weighted by Gasteiger charge is -2.05. The third-order valence-electron chi connectivity index (χ3n) is 4.34. The molecule has 0 rings (SSSR count). The van der Waals surface area contributed by atoms with E-state index in [2.05, 4.69) is 5.32 Å². The third kappa shape index (κ3) is 20.9. The monoisotopic (exact) mass is 372 g/mol. The first-order valence-electron chi connectivity index (χ1n) is 10.3. The highest BCUT2D eigenvalue weighted by molar-refractivity contribution is 5.75. The average molecular weight is 373 g/mol. The molecule has 1 radical (unpaired) electrons. The molecule has 0 aromatic rings. The topological polar surface area (TPSA) is 95.5 Å². The number of carbonyl (C=O) groups is 2. The predicted octanol–water partition coefficient (Wildman–Crippen LogP) is 4.10. The summed E-state index contributed by atoms with van der Waals surface area (Å²) < 4.78 is 5.02. The highest BCUT2D eigenvalue weighted by Gasteiger charge is 2.01. The molecule has 0 spiro atoms. The van der Waals surface area contributed by atoms with Crippen LogP contribution < -0.4 is 5.32 Å². The summed E-state index contributed by atoms with van der Waals surface area (Å²) in [6.45, 7) is 0.875. The van der Waals surface area contributed by atoms with Crippen LogP contribution in [-0.4, -0.2) is 43.3 Å². The van der Waals surface area contributed by atoms with Crippen LogP contribution in [0.3, 0.4) is 0 Å². The second kappa shape index (κ2) is 20.2. The molecule has 0 unspecified atom stereocenters. The maximum atomic E-state index is 11.6. The van der Waals surface area contributed by atoms with Crippen LogP contribution in [0.25, 0.3) is 0 Å². The van der Waals surface area contributed by atoms with E-state index >= 15 is 0 Å². The molecule has 0 fully saturated rings. The lowest BCUT2D eigenvalue weighted by Crippen LogP contribution is -2.27. The first-order valence-corrected chi connectivity index (χ1v) is 10.3. The van der Waals surface area contributed by atoms with E-state index in [9.17, 15) is 14.7 Å². The smallest absolute Gasteiger partial charge is 0.303 e. The lowest BCUT2D eigenvalue weighted by atomic mass is 10.0. The zero-order valence-corrected chi connectivity index (χ0v) is 16.3. The van der Waals surface area contributed by atoms with Crippen molar-refractivity contribution in [2.45, 2.75) is 89.9 Å². The normalized spacial score (nSPS) is 10.8. The molecule has 2 N–H and O–H groups in total. The van der Waals surface area contributed by atoms with E-state index in [0.29, 0.717) is 26.0 Å². The Morgan fingerprint density at radius 2 is 1.15 bits per heavy atom. The molecule has 0 aliphatic heterocycles. The summed E-state index contributed by atoms with van der Waals surface area (Å²) in [5.74, 6) is -0.619. The summed E-state index contributed by atoms with van der Waals surface area (Å²) in [6, 6.07) is 0. The Hall–Kier alpha value is -1.14. The van der Waals surface area contributed by atoms with E-state index in [-0.39, 0.29) is 19.1 Å². The minimum Gasteiger partial charge on any atom is -0.481 e. The Morgan fingerprint density at radius 3 is 1.62 bits per heavy atom. The molecule has 0 heterocycles. The van der Waals surface area contributed by atoms with Gasteiger partial charge in [0.15, 0.2) is 0 Å². The first kappa shape index (κ1) is 24.9. The minimum atomic E-state index is -0.688. The van der Waals surface area contributed by atoms with Gasteiger partial charge in [-0.2, -0.15) is 0 Å². The Morgan fingerprint density at radius 1 is 0.692 bits per heavy atom. The number of ether oxygens (including phenoxy) is 1. The number of carbonyl (C=O) groups excluding carboxylic acids is 1. The van der Waals surface area contributed by atoms with Crippen LogP contribution in [0.1, 0.15) is 89.9 Å². The van der Waals surface area contributed by atoms with Crippen LogP contribution in [0.15, 0.2) is 0 Å². The van der Waals surface area contributed by atoms with Crippen LogP contribution in [0.5, 0.6) is 0 Å². The van der Waals surface area contributed by atoms with Crippen molar-refractivity contribution in [2.75, 3.05) is 26.4 Å². The van der Waals surface area contributed by atoms with E-state index in [1.54, 1.807) is 0 Å². The van der Waals surface area contributed by atoms with Gasteiger partial charge in [0.05, 0.1) is 13.2 Å². The zero-order valence-electron chi connectivity index (χ0n) is 16.3. The molecular weight excluding hydrogens is 334 g/mol. The van der Waals surface area contributed by atoms with Gasteiger partial charge in [0.25, 0.3) is 0 Å². The Labute approximate surface area is 158 Å². The quantitative estimate of drug-likeness (QED) is 0.315. The Balaban J connectivity index is 3.12. The van der Waals surface area contributed by atoms with Crippen molar-refractivity contribution in [1.29, 1.82) is 0 Å². The zero-order chi connectivity index (χ0) is 19.3. The molecular formula is C20H38NO5. The molecule has 1 amide bonds. The number of hydrogen-bond acceptors (Lipinski definition) is 3. The number of unbranched alkanes of at least 4 members (excludes halogenated alkanes) is 11. The maximum absolute atomic E-state index is 11.6. The molecule has 153 valence electrons.